The molecule has 0 spiro atoms. The highest BCUT2D eigenvalue weighted by atomic mass is 19.1. The number of halogens is 1. The van der Waals surface area contributed by atoms with Gasteiger partial charge in [-0.25, -0.2) is 4.39 Å². The van der Waals surface area contributed by atoms with Crippen LogP contribution in [0.2, 0.25) is 0 Å². The molecule has 1 unspecified atom stereocenters. The fourth-order valence-corrected chi connectivity index (χ4v) is 1.23. The zero-order valence-corrected chi connectivity index (χ0v) is 8.16. The number of alkyl halides is 1. The third kappa shape index (κ3) is 2.64. The van der Waals surface area contributed by atoms with Gasteiger partial charge in [-0.2, -0.15) is 0 Å². The van der Waals surface area contributed by atoms with Crippen molar-refractivity contribution in [2.75, 3.05) is 6.54 Å². The van der Waals surface area contributed by atoms with Gasteiger partial charge in [0.1, 0.15) is 6.17 Å². The van der Waals surface area contributed by atoms with E-state index < -0.39 is 6.17 Å². The Labute approximate surface area is 82.9 Å². The molecule has 0 aliphatic heterocycles. The lowest BCUT2D eigenvalue weighted by molar-refractivity contribution is 0.0985. The third-order valence-electron chi connectivity index (χ3n) is 2.04. The molecule has 0 aromatic heterocycles. The molecule has 1 aromatic rings. The van der Waals surface area contributed by atoms with E-state index in [9.17, 15) is 9.18 Å². The van der Waals surface area contributed by atoms with Gasteiger partial charge in [-0.3, -0.25) is 4.79 Å². The first-order chi connectivity index (χ1) is 6.65. The molecule has 2 nitrogen and oxygen atoms in total. The third-order valence-corrected chi connectivity index (χ3v) is 2.04. The SMILES string of the molecule is CC(F)c1cccc(C(=O)CCN)c1. The Hall–Kier alpha value is -1.22. The van der Waals surface area contributed by atoms with Crippen LogP contribution >= 0.6 is 0 Å². The maximum Gasteiger partial charge on any atom is 0.164 e. The van der Waals surface area contributed by atoms with Crippen molar-refractivity contribution in [1.82, 2.24) is 0 Å². The largest absolute Gasteiger partial charge is 0.330 e. The maximum atomic E-state index is 12.9. The van der Waals surface area contributed by atoms with Crippen LogP contribution in [-0.2, 0) is 0 Å². The minimum absolute atomic E-state index is 0.0324. The zero-order chi connectivity index (χ0) is 10.6. The molecule has 1 atom stereocenters. The van der Waals surface area contributed by atoms with Gasteiger partial charge < -0.3 is 5.73 Å². The molecule has 0 fully saturated rings. The number of Topliss-reactive ketones (excluding diaryl/α,β-unsaturated/α-hetero) is 1. The van der Waals surface area contributed by atoms with Crippen molar-refractivity contribution in [3.63, 3.8) is 0 Å². The lowest BCUT2D eigenvalue weighted by Gasteiger charge is -2.04. The molecular weight excluding hydrogens is 181 g/mol. The monoisotopic (exact) mass is 195 g/mol. The molecule has 1 aromatic carbocycles. The first-order valence-corrected chi connectivity index (χ1v) is 4.62. The number of nitrogens with two attached hydrogens (primary N) is 1. The molecule has 14 heavy (non-hydrogen) atoms. The van der Waals surface area contributed by atoms with Gasteiger partial charge in [-0.05, 0) is 25.1 Å². The van der Waals surface area contributed by atoms with Crippen molar-refractivity contribution in [1.29, 1.82) is 0 Å². The summed E-state index contributed by atoms with van der Waals surface area (Å²) in [6, 6.07) is 6.63. The Morgan fingerprint density at radius 1 is 1.57 bits per heavy atom. The van der Waals surface area contributed by atoms with E-state index >= 15 is 0 Å². The summed E-state index contributed by atoms with van der Waals surface area (Å²) in [5.41, 5.74) is 6.34. The number of hydrogen-bond acceptors (Lipinski definition) is 2. The van der Waals surface area contributed by atoms with Crippen LogP contribution in [0.15, 0.2) is 24.3 Å². The summed E-state index contributed by atoms with van der Waals surface area (Å²) >= 11 is 0. The molecule has 76 valence electrons. The van der Waals surface area contributed by atoms with Crippen molar-refractivity contribution in [3.05, 3.63) is 35.4 Å². The first kappa shape index (κ1) is 10.9. The summed E-state index contributed by atoms with van der Waals surface area (Å²) in [4.78, 5) is 11.4. The number of carbonyl (C=O) groups is 1. The van der Waals surface area contributed by atoms with Gasteiger partial charge in [0.2, 0.25) is 0 Å². The molecule has 2 N–H and O–H groups in total. The van der Waals surface area contributed by atoms with Crippen LogP contribution in [0.25, 0.3) is 0 Å². The van der Waals surface area contributed by atoms with Gasteiger partial charge in [-0.1, -0.05) is 18.2 Å². The standard InChI is InChI=1S/C11H14FNO/c1-8(12)9-3-2-4-10(7-9)11(14)5-6-13/h2-4,7-8H,5-6,13H2,1H3. The van der Waals surface area contributed by atoms with Crippen molar-refractivity contribution < 1.29 is 9.18 Å². The van der Waals surface area contributed by atoms with Gasteiger partial charge in [0.25, 0.3) is 0 Å². The minimum Gasteiger partial charge on any atom is -0.330 e. The fraction of sp³-hybridized carbons (Fsp3) is 0.364. The van der Waals surface area contributed by atoms with Crippen molar-refractivity contribution in [2.24, 2.45) is 5.73 Å². The smallest absolute Gasteiger partial charge is 0.164 e. The summed E-state index contributed by atoms with van der Waals surface area (Å²) in [7, 11) is 0. The van der Waals surface area contributed by atoms with E-state index in [4.69, 9.17) is 5.73 Å². The molecule has 0 radical (unpaired) electrons. The predicted octanol–water partition coefficient (Wildman–Crippen LogP) is 2.25. The molecule has 3 heteroatoms. The van der Waals surface area contributed by atoms with Crippen molar-refractivity contribution >= 4 is 5.78 Å². The van der Waals surface area contributed by atoms with Gasteiger partial charge in [0.15, 0.2) is 5.78 Å². The number of hydrogen-bond donors (Lipinski definition) is 1. The quantitative estimate of drug-likeness (QED) is 0.749. The Bertz CT molecular complexity index is 323. The van der Waals surface area contributed by atoms with E-state index in [-0.39, 0.29) is 5.78 Å². The van der Waals surface area contributed by atoms with Crippen LogP contribution in [0.4, 0.5) is 4.39 Å². The Balaban J connectivity index is 2.88. The van der Waals surface area contributed by atoms with Crippen LogP contribution in [-0.4, -0.2) is 12.3 Å². The highest BCUT2D eigenvalue weighted by Crippen LogP contribution is 2.17. The molecule has 0 saturated carbocycles. The lowest BCUT2D eigenvalue weighted by atomic mass is 10.0. The molecule has 0 bridgehead atoms. The topological polar surface area (TPSA) is 43.1 Å². The Morgan fingerprint density at radius 2 is 2.29 bits per heavy atom. The minimum atomic E-state index is -1.04. The zero-order valence-electron chi connectivity index (χ0n) is 8.16. The second-order valence-corrected chi connectivity index (χ2v) is 3.20. The number of rotatable bonds is 4. The summed E-state index contributed by atoms with van der Waals surface area (Å²) in [5, 5.41) is 0. The van der Waals surface area contributed by atoms with Crippen LogP contribution in [0.1, 0.15) is 35.4 Å². The average Bonchev–Trinajstić information content (AvgIpc) is 2.18. The van der Waals surface area contributed by atoms with Crippen LogP contribution in [0.5, 0.6) is 0 Å². The van der Waals surface area contributed by atoms with Crippen LogP contribution in [0, 0.1) is 0 Å². The van der Waals surface area contributed by atoms with Gasteiger partial charge in [0.05, 0.1) is 0 Å². The summed E-state index contributed by atoms with van der Waals surface area (Å²) in [5.74, 6) is -0.0324. The molecule has 0 amide bonds. The summed E-state index contributed by atoms with van der Waals surface area (Å²) in [6.45, 7) is 1.78. The Kier molecular flexibility index (Phi) is 3.77. The van der Waals surface area contributed by atoms with Crippen molar-refractivity contribution in [3.8, 4) is 0 Å². The summed E-state index contributed by atoms with van der Waals surface area (Å²) in [6.07, 6.45) is -0.731. The maximum absolute atomic E-state index is 12.9. The second kappa shape index (κ2) is 4.86. The summed E-state index contributed by atoms with van der Waals surface area (Å²) < 4.78 is 12.9. The molecule has 0 heterocycles. The molecule has 0 aliphatic rings. The molecule has 0 aliphatic carbocycles. The van der Waals surface area contributed by atoms with E-state index in [1.807, 2.05) is 0 Å². The number of ketones is 1. The normalized spacial score (nSPS) is 12.5. The predicted molar refractivity (Wildman–Crippen MR) is 54.0 cm³/mol. The number of carbonyl (C=O) groups excluding carboxylic acids is 1. The molecule has 1 rings (SSSR count). The van der Waals surface area contributed by atoms with Gasteiger partial charge in [0, 0.05) is 12.0 Å². The van der Waals surface area contributed by atoms with Crippen molar-refractivity contribution in [2.45, 2.75) is 19.5 Å². The fourth-order valence-electron chi connectivity index (χ4n) is 1.23. The highest BCUT2D eigenvalue weighted by Gasteiger charge is 2.08. The van der Waals surface area contributed by atoms with E-state index in [1.54, 1.807) is 24.3 Å². The van der Waals surface area contributed by atoms with Gasteiger partial charge >= 0.3 is 0 Å². The second-order valence-electron chi connectivity index (χ2n) is 3.20. The molecular formula is C11H14FNO. The molecule has 0 saturated heterocycles. The van der Waals surface area contributed by atoms with Crippen LogP contribution < -0.4 is 5.73 Å². The van der Waals surface area contributed by atoms with E-state index in [2.05, 4.69) is 0 Å². The first-order valence-electron chi connectivity index (χ1n) is 4.62. The Morgan fingerprint density at radius 3 is 2.86 bits per heavy atom. The van der Waals surface area contributed by atoms with E-state index in [1.165, 1.54) is 6.92 Å². The van der Waals surface area contributed by atoms with E-state index in [0.29, 0.717) is 24.1 Å². The highest BCUT2D eigenvalue weighted by molar-refractivity contribution is 5.96. The average molecular weight is 195 g/mol. The number of benzene rings is 1. The van der Waals surface area contributed by atoms with Gasteiger partial charge in [-0.15, -0.1) is 0 Å². The lowest BCUT2D eigenvalue weighted by Crippen LogP contribution is -2.08. The van der Waals surface area contributed by atoms with E-state index in [0.717, 1.165) is 0 Å². The van der Waals surface area contributed by atoms with Crippen LogP contribution in [0.3, 0.4) is 0 Å².